The molecule has 2 heterocycles. The molecule has 110 valence electrons. The Balaban J connectivity index is 2.16. The molecule has 2 rings (SSSR count). The maximum atomic E-state index is 12.6. The van der Waals surface area contributed by atoms with Gasteiger partial charge in [-0.3, -0.25) is 4.79 Å². The summed E-state index contributed by atoms with van der Waals surface area (Å²) in [6.45, 7) is 9.40. The van der Waals surface area contributed by atoms with E-state index in [9.17, 15) is 4.79 Å². The van der Waals surface area contributed by atoms with Crippen molar-refractivity contribution in [3.63, 3.8) is 0 Å². The fraction of sp³-hybridized carbons (Fsp3) is 0.600. The van der Waals surface area contributed by atoms with Crippen molar-refractivity contribution in [1.29, 1.82) is 0 Å². The van der Waals surface area contributed by atoms with Crippen LogP contribution < -0.4 is 5.32 Å². The van der Waals surface area contributed by atoms with Crippen LogP contribution in [0, 0.1) is 6.92 Å². The average molecular weight is 276 g/mol. The van der Waals surface area contributed by atoms with Crippen LogP contribution in [0.1, 0.15) is 29.9 Å². The first kappa shape index (κ1) is 14.8. The molecule has 1 N–H and O–H groups in total. The predicted molar refractivity (Wildman–Crippen MR) is 81.1 cm³/mol. The topological polar surface area (TPSA) is 48.5 Å². The maximum absolute atomic E-state index is 12.6. The molecule has 0 spiro atoms. The van der Waals surface area contributed by atoms with Gasteiger partial charge in [0, 0.05) is 43.5 Å². The molecule has 1 aromatic rings. The van der Waals surface area contributed by atoms with Crippen molar-refractivity contribution in [2.75, 3.05) is 38.5 Å². The van der Waals surface area contributed by atoms with Gasteiger partial charge < -0.3 is 15.1 Å². The van der Waals surface area contributed by atoms with E-state index in [1.807, 2.05) is 30.9 Å². The molecule has 0 aromatic carbocycles. The molecule has 1 aliphatic heterocycles. The number of pyridine rings is 1. The molecule has 5 heteroatoms. The van der Waals surface area contributed by atoms with E-state index in [4.69, 9.17) is 0 Å². The second kappa shape index (κ2) is 6.22. The Kier molecular flexibility index (Phi) is 4.60. The molecule has 1 atom stereocenters. The van der Waals surface area contributed by atoms with Crippen LogP contribution in [0.25, 0.3) is 0 Å². The van der Waals surface area contributed by atoms with Crippen LogP contribution in [0.2, 0.25) is 0 Å². The summed E-state index contributed by atoms with van der Waals surface area (Å²) in [7, 11) is 2.10. The third kappa shape index (κ3) is 3.28. The first-order valence-corrected chi connectivity index (χ1v) is 7.23. The lowest BCUT2D eigenvalue weighted by molar-refractivity contribution is 0.0572. The lowest BCUT2D eigenvalue weighted by atomic mass is 10.1. The molecule has 1 fully saturated rings. The third-order valence-electron chi connectivity index (χ3n) is 3.81. The van der Waals surface area contributed by atoms with Gasteiger partial charge in [-0.1, -0.05) is 0 Å². The van der Waals surface area contributed by atoms with Crippen molar-refractivity contribution in [2.24, 2.45) is 0 Å². The highest BCUT2D eigenvalue weighted by Gasteiger charge is 2.25. The summed E-state index contributed by atoms with van der Waals surface area (Å²) in [6.07, 6.45) is 0. The fourth-order valence-corrected chi connectivity index (χ4v) is 2.48. The molecule has 5 nitrogen and oxygen atoms in total. The van der Waals surface area contributed by atoms with Gasteiger partial charge in [0.15, 0.2) is 0 Å². The van der Waals surface area contributed by atoms with E-state index in [-0.39, 0.29) is 5.91 Å². The number of hydrogen-bond acceptors (Lipinski definition) is 4. The number of aryl methyl sites for hydroxylation is 1. The zero-order valence-electron chi connectivity index (χ0n) is 12.8. The number of likely N-dealkylation sites (N-methyl/N-ethyl adjacent to an activating group) is 1. The van der Waals surface area contributed by atoms with Crippen molar-refractivity contribution in [3.05, 3.63) is 23.4 Å². The fourth-order valence-electron chi connectivity index (χ4n) is 2.48. The van der Waals surface area contributed by atoms with E-state index in [0.717, 1.165) is 43.3 Å². The highest BCUT2D eigenvalue weighted by atomic mass is 16.2. The number of hydrogen-bond donors (Lipinski definition) is 1. The van der Waals surface area contributed by atoms with Gasteiger partial charge in [0.2, 0.25) is 0 Å². The SMILES string of the molecule is CCNc1cc(C(=O)N2CCN(C)C(C)C2)cc(C)n1. The normalized spacial score (nSPS) is 20.0. The minimum absolute atomic E-state index is 0.106. The summed E-state index contributed by atoms with van der Waals surface area (Å²) in [5, 5.41) is 3.17. The van der Waals surface area contributed by atoms with Crippen LogP contribution in [-0.4, -0.2) is 60.0 Å². The molecule has 20 heavy (non-hydrogen) atoms. The summed E-state index contributed by atoms with van der Waals surface area (Å²) < 4.78 is 0. The van der Waals surface area contributed by atoms with Gasteiger partial charge in [-0.05, 0) is 40.0 Å². The number of carbonyl (C=O) groups is 1. The molecular formula is C15H24N4O. The second-order valence-corrected chi connectivity index (χ2v) is 5.49. The number of nitrogens with one attached hydrogen (secondary N) is 1. The molecule has 0 aliphatic carbocycles. The molecule has 1 aromatic heterocycles. The minimum atomic E-state index is 0.106. The van der Waals surface area contributed by atoms with Gasteiger partial charge in [0.1, 0.15) is 5.82 Å². The Morgan fingerprint density at radius 1 is 1.45 bits per heavy atom. The Labute approximate surface area is 121 Å². The Morgan fingerprint density at radius 3 is 2.85 bits per heavy atom. The number of nitrogens with zero attached hydrogens (tertiary/aromatic N) is 3. The standard InChI is InChI=1S/C15H24N4O/c1-5-16-14-9-13(8-11(2)17-14)15(20)19-7-6-18(4)12(3)10-19/h8-9,12H,5-7,10H2,1-4H3,(H,16,17). The molecule has 1 aliphatic rings. The Bertz CT molecular complexity index is 489. The minimum Gasteiger partial charge on any atom is -0.370 e. The summed E-state index contributed by atoms with van der Waals surface area (Å²) in [5.74, 6) is 0.882. The third-order valence-corrected chi connectivity index (χ3v) is 3.81. The molecule has 1 saturated heterocycles. The van der Waals surface area contributed by atoms with Crippen LogP contribution in [0.5, 0.6) is 0 Å². The van der Waals surface area contributed by atoms with E-state index >= 15 is 0 Å². The van der Waals surface area contributed by atoms with Crippen LogP contribution in [0.4, 0.5) is 5.82 Å². The smallest absolute Gasteiger partial charge is 0.254 e. The van der Waals surface area contributed by atoms with Crippen molar-refractivity contribution >= 4 is 11.7 Å². The average Bonchev–Trinajstić information content (AvgIpc) is 2.41. The quantitative estimate of drug-likeness (QED) is 0.911. The predicted octanol–water partition coefficient (Wildman–Crippen LogP) is 1.60. The molecular weight excluding hydrogens is 252 g/mol. The molecule has 0 saturated carbocycles. The lowest BCUT2D eigenvalue weighted by Crippen LogP contribution is -2.52. The van der Waals surface area contributed by atoms with E-state index in [1.54, 1.807) is 0 Å². The van der Waals surface area contributed by atoms with Crippen LogP contribution >= 0.6 is 0 Å². The van der Waals surface area contributed by atoms with E-state index in [1.165, 1.54) is 0 Å². The van der Waals surface area contributed by atoms with Gasteiger partial charge in [0.05, 0.1) is 0 Å². The van der Waals surface area contributed by atoms with Crippen LogP contribution in [0.3, 0.4) is 0 Å². The van der Waals surface area contributed by atoms with Gasteiger partial charge in [-0.2, -0.15) is 0 Å². The number of rotatable bonds is 3. The van der Waals surface area contributed by atoms with Gasteiger partial charge in [-0.15, -0.1) is 0 Å². The maximum Gasteiger partial charge on any atom is 0.254 e. The number of anilines is 1. The van der Waals surface area contributed by atoms with Crippen molar-refractivity contribution in [3.8, 4) is 0 Å². The van der Waals surface area contributed by atoms with E-state index in [0.29, 0.717) is 6.04 Å². The Morgan fingerprint density at radius 2 is 2.20 bits per heavy atom. The summed E-state index contributed by atoms with van der Waals surface area (Å²) in [6, 6.07) is 4.12. The zero-order valence-corrected chi connectivity index (χ0v) is 12.8. The Hall–Kier alpha value is -1.62. The summed E-state index contributed by atoms with van der Waals surface area (Å²) in [4.78, 5) is 21.2. The van der Waals surface area contributed by atoms with Gasteiger partial charge in [-0.25, -0.2) is 4.98 Å². The number of carbonyl (C=O) groups excluding carboxylic acids is 1. The lowest BCUT2D eigenvalue weighted by Gasteiger charge is -2.37. The monoisotopic (exact) mass is 276 g/mol. The molecule has 0 bridgehead atoms. The molecule has 0 radical (unpaired) electrons. The molecule has 1 unspecified atom stereocenters. The molecule has 1 amide bonds. The van der Waals surface area contributed by atoms with Crippen molar-refractivity contribution < 1.29 is 4.79 Å². The van der Waals surface area contributed by atoms with E-state index < -0.39 is 0 Å². The first-order chi connectivity index (χ1) is 9.51. The number of aromatic nitrogens is 1. The van der Waals surface area contributed by atoms with Crippen molar-refractivity contribution in [1.82, 2.24) is 14.8 Å². The summed E-state index contributed by atoms with van der Waals surface area (Å²) in [5.41, 5.74) is 1.60. The van der Waals surface area contributed by atoms with Crippen LogP contribution in [0.15, 0.2) is 12.1 Å². The van der Waals surface area contributed by atoms with Gasteiger partial charge >= 0.3 is 0 Å². The van der Waals surface area contributed by atoms with Crippen LogP contribution in [-0.2, 0) is 0 Å². The largest absolute Gasteiger partial charge is 0.370 e. The highest BCUT2D eigenvalue weighted by Crippen LogP contribution is 2.15. The van der Waals surface area contributed by atoms with Crippen molar-refractivity contribution in [2.45, 2.75) is 26.8 Å². The number of piperazine rings is 1. The first-order valence-electron chi connectivity index (χ1n) is 7.23. The highest BCUT2D eigenvalue weighted by molar-refractivity contribution is 5.95. The van der Waals surface area contributed by atoms with E-state index in [2.05, 4.69) is 29.2 Å². The number of amides is 1. The summed E-state index contributed by atoms with van der Waals surface area (Å²) >= 11 is 0. The second-order valence-electron chi connectivity index (χ2n) is 5.49. The zero-order chi connectivity index (χ0) is 14.7. The van der Waals surface area contributed by atoms with Gasteiger partial charge in [0.25, 0.3) is 5.91 Å².